The third-order valence-electron chi connectivity index (χ3n) is 2.03. The van der Waals surface area contributed by atoms with Crippen LogP contribution in [0.15, 0.2) is 12.3 Å². The first-order valence-corrected chi connectivity index (χ1v) is 6.05. The van der Waals surface area contributed by atoms with Crippen LogP contribution in [-0.2, 0) is 11.0 Å². The smallest absolute Gasteiger partial charge is 0.367 e. The van der Waals surface area contributed by atoms with Gasteiger partial charge in [-0.05, 0) is 6.07 Å². The van der Waals surface area contributed by atoms with Gasteiger partial charge in [0.1, 0.15) is 11.7 Å². The molecular formula is C10H10Cl2F3N3O. The van der Waals surface area contributed by atoms with Gasteiger partial charge in [0.15, 0.2) is 0 Å². The molecule has 0 unspecified atom stereocenters. The van der Waals surface area contributed by atoms with Crippen molar-refractivity contribution in [1.29, 1.82) is 0 Å². The Labute approximate surface area is 117 Å². The molecule has 1 aromatic rings. The molecule has 4 nitrogen and oxygen atoms in total. The molecule has 0 aromatic carbocycles. The number of amides is 1. The van der Waals surface area contributed by atoms with Crippen LogP contribution in [-0.4, -0.2) is 29.9 Å². The van der Waals surface area contributed by atoms with Crippen molar-refractivity contribution in [2.45, 2.75) is 6.18 Å². The number of nitrogens with one attached hydrogen (secondary N) is 2. The Morgan fingerprint density at radius 1 is 1.37 bits per heavy atom. The second-order valence-corrected chi connectivity index (χ2v) is 4.14. The zero-order chi connectivity index (χ0) is 14.5. The van der Waals surface area contributed by atoms with Gasteiger partial charge < -0.3 is 10.6 Å². The van der Waals surface area contributed by atoms with Gasteiger partial charge >= 0.3 is 6.18 Å². The Bertz CT molecular complexity index is 454. The number of pyridine rings is 1. The minimum Gasteiger partial charge on any atom is -0.367 e. The molecular weight excluding hydrogens is 306 g/mol. The van der Waals surface area contributed by atoms with Gasteiger partial charge in [0.25, 0.3) is 0 Å². The lowest BCUT2D eigenvalue weighted by molar-refractivity contribution is -0.137. The fourth-order valence-corrected chi connectivity index (χ4v) is 1.48. The van der Waals surface area contributed by atoms with E-state index in [9.17, 15) is 18.0 Å². The van der Waals surface area contributed by atoms with Gasteiger partial charge in [-0.3, -0.25) is 4.79 Å². The summed E-state index contributed by atoms with van der Waals surface area (Å²) in [4.78, 5) is 14.4. The van der Waals surface area contributed by atoms with Crippen molar-refractivity contribution < 1.29 is 18.0 Å². The van der Waals surface area contributed by atoms with Crippen molar-refractivity contribution in [2.24, 2.45) is 0 Å². The Hall–Kier alpha value is -1.21. The summed E-state index contributed by atoms with van der Waals surface area (Å²) >= 11 is 10.9. The molecule has 106 valence electrons. The van der Waals surface area contributed by atoms with E-state index in [1.807, 2.05) is 0 Å². The van der Waals surface area contributed by atoms with Crippen LogP contribution >= 0.6 is 23.2 Å². The summed E-state index contributed by atoms with van der Waals surface area (Å²) in [6, 6.07) is 0.786. The van der Waals surface area contributed by atoms with Crippen LogP contribution in [0, 0.1) is 0 Å². The highest BCUT2D eigenvalue weighted by atomic mass is 35.5. The summed E-state index contributed by atoms with van der Waals surface area (Å²) in [5, 5.41) is 5.04. The first kappa shape index (κ1) is 15.8. The van der Waals surface area contributed by atoms with Crippen LogP contribution in [0.4, 0.5) is 19.0 Å². The lowest BCUT2D eigenvalue weighted by Gasteiger charge is -2.11. The maximum atomic E-state index is 12.4. The molecule has 0 fully saturated rings. The maximum Gasteiger partial charge on any atom is 0.417 e. The molecule has 1 amide bonds. The molecule has 0 aliphatic rings. The molecule has 0 bridgehead atoms. The van der Waals surface area contributed by atoms with Gasteiger partial charge in [0, 0.05) is 19.3 Å². The first-order valence-electron chi connectivity index (χ1n) is 5.14. The standard InChI is InChI=1S/C10H10Cl2F3N3O/c11-4-8(19)16-1-2-17-9-7(12)3-6(5-18-9)10(13,14)15/h3,5H,1-2,4H2,(H,16,19)(H,17,18). The van der Waals surface area contributed by atoms with Gasteiger partial charge in [0.2, 0.25) is 5.91 Å². The molecule has 0 aliphatic heterocycles. The molecule has 1 aromatic heterocycles. The van der Waals surface area contributed by atoms with E-state index in [1.54, 1.807) is 0 Å². The quantitative estimate of drug-likeness (QED) is 0.648. The van der Waals surface area contributed by atoms with E-state index in [0.717, 1.165) is 6.07 Å². The second kappa shape index (κ2) is 6.81. The predicted molar refractivity (Wildman–Crippen MR) is 66.5 cm³/mol. The number of anilines is 1. The van der Waals surface area contributed by atoms with Crippen molar-refractivity contribution in [1.82, 2.24) is 10.3 Å². The predicted octanol–water partition coefficient (Wildman–Crippen LogP) is 2.52. The van der Waals surface area contributed by atoms with Crippen LogP contribution in [0.25, 0.3) is 0 Å². The molecule has 1 heterocycles. The topological polar surface area (TPSA) is 54.0 Å². The Morgan fingerprint density at radius 3 is 2.58 bits per heavy atom. The fourth-order valence-electron chi connectivity index (χ4n) is 1.15. The third kappa shape index (κ3) is 5.12. The number of carbonyl (C=O) groups excluding carboxylic acids is 1. The van der Waals surface area contributed by atoms with Crippen molar-refractivity contribution >= 4 is 34.9 Å². The molecule has 9 heteroatoms. The van der Waals surface area contributed by atoms with Crippen LogP contribution < -0.4 is 10.6 Å². The highest BCUT2D eigenvalue weighted by Gasteiger charge is 2.31. The molecule has 0 spiro atoms. The number of nitrogens with zero attached hydrogens (tertiary/aromatic N) is 1. The number of carbonyl (C=O) groups is 1. The summed E-state index contributed by atoms with van der Waals surface area (Å²) in [6.45, 7) is 0.519. The molecule has 0 saturated heterocycles. The zero-order valence-corrected chi connectivity index (χ0v) is 11.0. The molecule has 19 heavy (non-hydrogen) atoms. The lowest BCUT2D eigenvalue weighted by Crippen LogP contribution is -2.29. The van der Waals surface area contributed by atoms with Crippen LogP contribution in [0.1, 0.15) is 5.56 Å². The van der Waals surface area contributed by atoms with Gasteiger partial charge in [-0.15, -0.1) is 11.6 Å². The monoisotopic (exact) mass is 315 g/mol. The Morgan fingerprint density at radius 2 is 2.05 bits per heavy atom. The van der Waals surface area contributed by atoms with Gasteiger partial charge in [-0.25, -0.2) is 4.98 Å². The summed E-state index contributed by atoms with van der Waals surface area (Å²) in [5.74, 6) is -0.371. The number of hydrogen-bond acceptors (Lipinski definition) is 3. The number of aromatic nitrogens is 1. The summed E-state index contributed by atoms with van der Waals surface area (Å²) in [7, 11) is 0. The van der Waals surface area contributed by atoms with Crippen LogP contribution in [0.3, 0.4) is 0 Å². The Kier molecular flexibility index (Phi) is 5.68. The minimum atomic E-state index is -4.48. The number of rotatable bonds is 5. The minimum absolute atomic E-state index is 0.120. The molecule has 0 saturated carbocycles. The fraction of sp³-hybridized carbons (Fsp3) is 0.400. The van der Waals surface area contributed by atoms with Crippen LogP contribution in [0.5, 0.6) is 0 Å². The highest BCUT2D eigenvalue weighted by molar-refractivity contribution is 6.33. The van der Waals surface area contributed by atoms with E-state index < -0.39 is 11.7 Å². The van der Waals surface area contributed by atoms with Crippen molar-refractivity contribution in [3.8, 4) is 0 Å². The van der Waals surface area contributed by atoms with Crippen LogP contribution in [0.2, 0.25) is 5.02 Å². The average molecular weight is 316 g/mol. The van der Waals surface area contributed by atoms with Crippen molar-refractivity contribution in [2.75, 3.05) is 24.3 Å². The van der Waals surface area contributed by atoms with Gasteiger partial charge in [-0.1, -0.05) is 11.6 Å². The molecule has 0 radical (unpaired) electrons. The van der Waals surface area contributed by atoms with Crippen molar-refractivity contribution in [3.05, 3.63) is 22.8 Å². The first-order chi connectivity index (χ1) is 8.84. The van der Waals surface area contributed by atoms with E-state index in [4.69, 9.17) is 23.2 Å². The number of hydrogen-bond donors (Lipinski definition) is 2. The number of alkyl halides is 4. The number of halogens is 5. The summed E-state index contributed by atoms with van der Waals surface area (Å²) < 4.78 is 37.1. The van der Waals surface area contributed by atoms with E-state index in [1.165, 1.54) is 0 Å². The average Bonchev–Trinajstić information content (AvgIpc) is 2.34. The van der Waals surface area contributed by atoms with E-state index in [2.05, 4.69) is 15.6 Å². The summed E-state index contributed by atoms with van der Waals surface area (Å²) in [6.07, 6.45) is -3.80. The van der Waals surface area contributed by atoms with Gasteiger partial charge in [0.05, 0.1) is 10.6 Å². The SMILES string of the molecule is O=C(CCl)NCCNc1ncc(C(F)(F)F)cc1Cl. The molecule has 0 aliphatic carbocycles. The molecule has 0 atom stereocenters. The maximum absolute atomic E-state index is 12.4. The van der Waals surface area contributed by atoms with E-state index in [0.29, 0.717) is 6.20 Å². The van der Waals surface area contributed by atoms with E-state index in [-0.39, 0.29) is 35.7 Å². The van der Waals surface area contributed by atoms with E-state index >= 15 is 0 Å². The largest absolute Gasteiger partial charge is 0.417 e. The highest BCUT2D eigenvalue weighted by Crippen LogP contribution is 2.32. The molecule has 2 N–H and O–H groups in total. The Balaban J connectivity index is 2.54. The van der Waals surface area contributed by atoms with Crippen molar-refractivity contribution in [3.63, 3.8) is 0 Å². The molecule has 1 rings (SSSR count). The third-order valence-corrected chi connectivity index (χ3v) is 2.56. The van der Waals surface area contributed by atoms with Gasteiger partial charge in [-0.2, -0.15) is 13.2 Å². The zero-order valence-electron chi connectivity index (χ0n) is 9.52. The normalized spacial score (nSPS) is 11.2. The summed E-state index contributed by atoms with van der Waals surface area (Å²) in [5.41, 5.74) is -0.918. The lowest BCUT2D eigenvalue weighted by atomic mass is 10.3. The second-order valence-electron chi connectivity index (χ2n) is 3.46.